The second-order valence-electron chi connectivity index (χ2n) is 11.8. The summed E-state index contributed by atoms with van der Waals surface area (Å²) in [4.78, 5) is 64.7. The van der Waals surface area contributed by atoms with E-state index in [1.165, 1.54) is 12.1 Å². The number of alkyl carbamates (subject to hydrolysis) is 1. The van der Waals surface area contributed by atoms with Gasteiger partial charge in [0.2, 0.25) is 11.8 Å². The second-order valence-corrected chi connectivity index (χ2v) is 12.2. The summed E-state index contributed by atoms with van der Waals surface area (Å²) in [5.41, 5.74) is 4.31. The number of nitro groups is 1. The van der Waals surface area contributed by atoms with Gasteiger partial charge in [-0.1, -0.05) is 96.5 Å². The molecule has 3 atom stereocenters. The number of nitro benzene ring substituents is 1. The van der Waals surface area contributed by atoms with Crippen molar-refractivity contribution in [3.63, 3.8) is 0 Å². The Morgan fingerprint density at radius 2 is 1.62 bits per heavy atom. The first-order chi connectivity index (χ1) is 24.1. The zero-order valence-corrected chi connectivity index (χ0v) is 27.1. The van der Waals surface area contributed by atoms with Crippen LogP contribution in [-0.4, -0.2) is 64.1 Å². The number of halogens is 1. The van der Waals surface area contributed by atoms with Crippen molar-refractivity contribution in [3.8, 4) is 11.1 Å². The smallest absolute Gasteiger partial charge is 0.407 e. The lowest BCUT2D eigenvalue weighted by atomic mass is 9.98. The molecule has 4 aromatic rings. The van der Waals surface area contributed by atoms with E-state index in [1.54, 1.807) is 24.3 Å². The summed E-state index contributed by atoms with van der Waals surface area (Å²) < 4.78 is 11.5. The normalized spacial score (nSPS) is 17.2. The van der Waals surface area contributed by atoms with Crippen LogP contribution < -0.4 is 10.6 Å². The quantitative estimate of drug-likeness (QED) is 0.141. The average molecular weight is 699 g/mol. The third kappa shape index (κ3) is 7.14. The molecule has 14 heteroatoms. The van der Waals surface area contributed by atoms with Crippen LogP contribution >= 0.6 is 11.6 Å². The molecule has 6 rings (SSSR count). The van der Waals surface area contributed by atoms with Crippen LogP contribution in [0.15, 0.2) is 97.1 Å². The Kier molecular flexibility index (Phi) is 10.1. The van der Waals surface area contributed by atoms with Gasteiger partial charge in [0.05, 0.1) is 24.6 Å². The molecule has 3 N–H and O–H groups in total. The van der Waals surface area contributed by atoms with Crippen molar-refractivity contribution in [1.29, 1.82) is 0 Å². The third-order valence-electron chi connectivity index (χ3n) is 8.64. The van der Waals surface area contributed by atoms with Crippen molar-refractivity contribution in [2.75, 3.05) is 13.2 Å². The van der Waals surface area contributed by atoms with Gasteiger partial charge in [0, 0.05) is 17.5 Å². The molecule has 50 heavy (non-hydrogen) atoms. The largest absolute Gasteiger partial charge is 0.480 e. The van der Waals surface area contributed by atoms with Crippen molar-refractivity contribution in [1.82, 2.24) is 15.5 Å². The summed E-state index contributed by atoms with van der Waals surface area (Å²) in [5, 5.41) is 26.7. The van der Waals surface area contributed by atoms with Gasteiger partial charge in [0.1, 0.15) is 29.9 Å². The number of carboxylic acids is 1. The molecule has 1 fully saturated rings. The molecule has 0 radical (unpaired) electrons. The number of fused-ring (bicyclic) bond motifs is 3. The molecule has 0 unspecified atom stereocenters. The number of benzene rings is 4. The summed E-state index contributed by atoms with van der Waals surface area (Å²) in [6.45, 7) is -0.398. The van der Waals surface area contributed by atoms with Crippen LogP contribution in [0.4, 0.5) is 10.5 Å². The van der Waals surface area contributed by atoms with Gasteiger partial charge < -0.3 is 30.1 Å². The molecule has 0 aromatic heterocycles. The first-order valence-corrected chi connectivity index (χ1v) is 16.0. The monoisotopic (exact) mass is 698 g/mol. The highest BCUT2D eigenvalue weighted by Crippen LogP contribution is 2.44. The standard InChI is InChI=1S/C36H31ClN4O9/c37-28-15-14-22(16-30(28)41(47)48)33-39-32(42)17-31(35(44)45)40(33)34(43)29(20-49-18-21-8-2-1-3-9-21)38-36(46)50-19-27-25-12-6-4-10-23(25)24-11-5-7-13-26(24)27/h1-16,27,29,31,33H,17-20H2,(H,38,46)(H,39,42)(H,44,45)/t29-,31-,33-/m0/s1. The fourth-order valence-electron chi connectivity index (χ4n) is 6.31. The molecule has 256 valence electrons. The summed E-state index contributed by atoms with van der Waals surface area (Å²) in [6.07, 6.45) is -3.02. The lowest BCUT2D eigenvalue weighted by Crippen LogP contribution is -2.62. The molecule has 13 nitrogen and oxygen atoms in total. The highest BCUT2D eigenvalue weighted by molar-refractivity contribution is 6.32. The van der Waals surface area contributed by atoms with Crippen LogP contribution in [0.5, 0.6) is 0 Å². The lowest BCUT2D eigenvalue weighted by molar-refractivity contribution is -0.384. The van der Waals surface area contributed by atoms with Gasteiger partial charge in [0.25, 0.3) is 5.69 Å². The Balaban J connectivity index is 1.27. The highest BCUT2D eigenvalue weighted by Gasteiger charge is 2.45. The number of amides is 3. The Morgan fingerprint density at radius 3 is 2.26 bits per heavy atom. The van der Waals surface area contributed by atoms with Crippen molar-refractivity contribution in [3.05, 3.63) is 134 Å². The molecule has 1 aliphatic carbocycles. The maximum Gasteiger partial charge on any atom is 0.407 e. The number of ether oxygens (including phenoxy) is 2. The zero-order valence-electron chi connectivity index (χ0n) is 26.4. The van der Waals surface area contributed by atoms with Crippen LogP contribution in [0.3, 0.4) is 0 Å². The van der Waals surface area contributed by atoms with Crippen molar-refractivity contribution >= 4 is 41.2 Å². The number of nitrogens with one attached hydrogen (secondary N) is 2. The molecule has 2 aliphatic rings. The average Bonchev–Trinajstić information content (AvgIpc) is 3.43. The molecule has 1 saturated heterocycles. The van der Waals surface area contributed by atoms with Crippen molar-refractivity contribution < 1.29 is 38.7 Å². The third-order valence-corrected chi connectivity index (χ3v) is 8.96. The van der Waals surface area contributed by atoms with Gasteiger partial charge in [-0.25, -0.2) is 9.59 Å². The van der Waals surface area contributed by atoms with Crippen LogP contribution in [0, 0.1) is 10.1 Å². The molecule has 3 amide bonds. The molecule has 4 aromatic carbocycles. The van der Waals surface area contributed by atoms with E-state index in [4.69, 9.17) is 21.1 Å². The van der Waals surface area contributed by atoms with Crippen molar-refractivity contribution in [2.45, 2.75) is 37.2 Å². The zero-order chi connectivity index (χ0) is 35.4. The molecular weight excluding hydrogens is 668 g/mol. The topological polar surface area (TPSA) is 177 Å². The first-order valence-electron chi connectivity index (χ1n) is 15.6. The van der Waals surface area contributed by atoms with Gasteiger partial charge in [-0.15, -0.1) is 0 Å². The van der Waals surface area contributed by atoms with E-state index in [2.05, 4.69) is 10.6 Å². The minimum Gasteiger partial charge on any atom is -0.480 e. The van der Waals surface area contributed by atoms with Crippen LogP contribution in [0.2, 0.25) is 5.02 Å². The number of aliphatic carboxylic acids is 1. The predicted molar refractivity (Wildman–Crippen MR) is 180 cm³/mol. The van der Waals surface area contributed by atoms with E-state index in [0.29, 0.717) is 0 Å². The second kappa shape index (κ2) is 14.8. The first kappa shape index (κ1) is 34.1. The summed E-state index contributed by atoms with van der Waals surface area (Å²) in [5.74, 6) is -3.39. The fraction of sp³-hybridized carbons (Fsp3) is 0.222. The molecule has 1 heterocycles. The number of carbonyl (C=O) groups is 4. The van der Waals surface area contributed by atoms with Crippen molar-refractivity contribution in [2.24, 2.45) is 0 Å². The van der Waals surface area contributed by atoms with Crippen LogP contribution in [0.25, 0.3) is 11.1 Å². The van der Waals surface area contributed by atoms with E-state index in [1.807, 2.05) is 54.6 Å². The maximum absolute atomic E-state index is 14.4. The fourth-order valence-corrected chi connectivity index (χ4v) is 6.50. The summed E-state index contributed by atoms with van der Waals surface area (Å²) >= 11 is 6.00. The Labute approximate surface area is 290 Å². The minimum atomic E-state index is -1.68. The highest BCUT2D eigenvalue weighted by atomic mass is 35.5. The van der Waals surface area contributed by atoms with E-state index in [0.717, 1.165) is 38.8 Å². The van der Waals surface area contributed by atoms with Gasteiger partial charge in [0.15, 0.2) is 0 Å². The Morgan fingerprint density at radius 1 is 0.980 bits per heavy atom. The van der Waals surface area contributed by atoms with E-state index in [9.17, 15) is 34.4 Å². The van der Waals surface area contributed by atoms with E-state index >= 15 is 0 Å². The van der Waals surface area contributed by atoms with Gasteiger partial charge in [-0.2, -0.15) is 0 Å². The lowest BCUT2D eigenvalue weighted by Gasteiger charge is -2.41. The number of nitrogens with zero attached hydrogens (tertiary/aromatic N) is 2. The van der Waals surface area contributed by atoms with Gasteiger partial charge >= 0.3 is 12.1 Å². The number of hydrogen-bond acceptors (Lipinski definition) is 8. The molecule has 0 bridgehead atoms. The van der Waals surface area contributed by atoms with E-state index in [-0.39, 0.29) is 29.7 Å². The molecule has 0 spiro atoms. The SMILES string of the molecule is O=C1C[C@@H](C(=O)O)N(C(=O)[C@H](COCc2ccccc2)NC(=O)OCC2c3ccccc3-c3ccccc32)[C@@H](c2ccc(Cl)c([N+](=O)[O-])c2)N1. The summed E-state index contributed by atoms with van der Waals surface area (Å²) in [6, 6.07) is 25.1. The van der Waals surface area contributed by atoms with Crippen LogP contribution in [0.1, 0.15) is 40.8 Å². The Bertz CT molecular complexity index is 1910. The predicted octanol–water partition coefficient (Wildman–Crippen LogP) is 5.17. The van der Waals surface area contributed by atoms with Crippen LogP contribution in [-0.2, 0) is 30.5 Å². The molecule has 1 aliphatic heterocycles. The Hall–Kier alpha value is -5.79. The number of rotatable bonds is 11. The van der Waals surface area contributed by atoms with Gasteiger partial charge in [-0.3, -0.25) is 19.7 Å². The van der Waals surface area contributed by atoms with Gasteiger partial charge in [-0.05, 0) is 33.9 Å². The number of hydrogen-bond donors (Lipinski definition) is 3. The number of carbonyl (C=O) groups excluding carboxylic acids is 3. The summed E-state index contributed by atoms with van der Waals surface area (Å²) in [7, 11) is 0. The molecule has 0 saturated carbocycles. The minimum absolute atomic E-state index is 0.0267. The molecular formula is C36H31ClN4O9. The van der Waals surface area contributed by atoms with E-state index < -0.39 is 65.8 Å². The number of carboxylic acid groups (broad SMARTS) is 1. The maximum atomic E-state index is 14.4.